The largest absolute Gasteiger partial charge is 0.468 e. The number of benzene rings is 1. The molecule has 2 atom stereocenters. The molecule has 0 bridgehead atoms. The third kappa shape index (κ3) is 7.37. The molecule has 30 heavy (non-hydrogen) atoms. The number of para-hydroxylation sites is 1. The van der Waals surface area contributed by atoms with Gasteiger partial charge >= 0.3 is 12.1 Å². The van der Waals surface area contributed by atoms with Crippen molar-refractivity contribution in [3.8, 4) is 0 Å². The molecule has 0 spiro atoms. The quantitative estimate of drug-likeness (QED) is 0.540. The van der Waals surface area contributed by atoms with Crippen molar-refractivity contribution in [1.29, 1.82) is 0 Å². The average Bonchev–Trinajstić information content (AvgIpc) is 3.05. The van der Waals surface area contributed by atoms with Crippen LogP contribution in [0.2, 0.25) is 0 Å². The first-order valence-electron chi connectivity index (χ1n) is 10.4. The number of aromatic nitrogens is 1. The molecule has 0 aliphatic rings. The van der Waals surface area contributed by atoms with Crippen LogP contribution in [-0.2, 0) is 20.7 Å². The minimum absolute atomic E-state index is 0.171. The van der Waals surface area contributed by atoms with Gasteiger partial charge in [-0.05, 0) is 44.7 Å². The fourth-order valence-electron chi connectivity index (χ4n) is 3.42. The summed E-state index contributed by atoms with van der Waals surface area (Å²) in [6.07, 6.45) is 2.71. The lowest BCUT2D eigenvalue weighted by Gasteiger charge is -2.26. The monoisotopic (exact) mass is 417 g/mol. The molecule has 3 N–H and O–H groups in total. The fraction of sp³-hybridized carbons (Fsp3) is 0.565. The van der Waals surface area contributed by atoms with Crippen LogP contribution in [0.1, 0.15) is 46.6 Å². The van der Waals surface area contributed by atoms with Gasteiger partial charge in [-0.2, -0.15) is 0 Å². The molecule has 166 valence electrons. The fourth-order valence-corrected chi connectivity index (χ4v) is 3.42. The molecule has 0 aliphatic carbocycles. The number of fused-ring (bicyclic) bond motifs is 1. The number of nitrogens with one attached hydrogen (secondary N) is 3. The molecule has 7 nitrogen and oxygen atoms in total. The third-order valence-corrected chi connectivity index (χ3v) is 4.67. The van der Waals surface area contributed by atoms with Gasteiger partial charge in [-0.3, -0.25) is 4.79 Å². The number of aromatic amines is 1. The normalized spacial score (nSPS) is 13.8. The summed E-state index contributed by atoms with van der Waals surface area (Å²) < 4.78 is 10.4. The summed E-state index contributed by atoms with van der Waals surface area (Å²) in [5.74, 6) is 0.0396. The first kappa shape index (κ1) is 23.7. The van der Waals surface area contributed by atoms with E-state index in [0.717, 1.165) is 22.9 Å². The summed E-state index contributed by atoms with van der Waals surface area (Å²) in [6.45, 7) is 10.1. The number of esters is 1. The molecule has 2 aromatic rings. The number of alkyl carbamates (subject to hydrolysis) is 1. The van der Waals surface area contributed by atoms with E-state index in [0.29, 0.717) is 18.9 Å². The highest BCUT2D eigenvalue weighted by molar-refractivity contribution is 5.84. The van der Waals surface area contributed by atoms with Gasteiger partial charge in [0.25, 0.3) is 0 Å². The van der Waals surface area contributed by atoms with Crippen molar-refractivity contribution in [2.24, 2.45) is 5.92 Å². The van der Waals surface area contributed by atoms with E-state index in [-0.39, 0.29) is 12.0 Å². The Hall–Kier alpha value is -2.54. The molecule has 0 saturated carbocycles. The second-order valence-electron chi connectivity index (χ2n) is 9.02. The first-order chi connectivity index (χ1) is 14.1. The number of carbonyl (C=O) groups excluding carboxylic acids is 2. The van der Waals surface area contributed by atoms with Crippen LogP contribution in [0.3, 0.4) is 0 Å². The average molecular weight is 418 g/mol. The lowest BCUT2D eigenvalue weighted by molar-refractivity contribution is -0.143. The number of rotatable bonds is 9. The van der Waals surface area contributed by atoms with Crippen molar-refractivity contribution in [2.75, 3.05) is 13.7 Å². The Morgan fingerprint density at radius 1 is 1.17 bits per heavy atom. The predicted molar refractivity (Wildman–Crippen MR) is 118 cm³/mol. The van der Waals surface area contributed by atoms with Gasteiger partial charge < -0.3 is 25.1 Å². The zero-order valence-electron chi connectivity index (χ0n) is 18.9. The predicted octanol–water partition coefficient (Wildman–Crippen LogP) is 3.78. The summed E-state index contributed by atoms with van der Waals surface area (Å²) in [6, 6.07) is 7.28. The number of hydrogen-bond acceptors (Lipinski definition) is 5. The highest BCUT2D eigenvalue weighted by Gasteiger charge is 2.24. The van der Waals surface area contributed by atoms with E-state index in [2.05, 4.69) is 29.5 Å². The molecule has 0 radical (unpaired) electrons. The molecule has 0 aliphatic heterocycles. The van der Waals surface area contributed by atoms with Gasteiger partial charge in [-0.1, -0.05) is 32.0 Å². The Labute approximate surface area is 178 Å². The second-order valence-corrected chi connectivity index (χ2v) is 9.02. The minimum Gasteiger partial charge on any atom is -0.468 e. The van der Waals surface area contributed by atoms with Gasteiger partial charge in [0.05, 0.1) is 7.11 Å². The Morgan fingerprint density at radius 3 is 2.50 bits per heavy atom. The lowest BCUT2D eigenvalue weighted by atomic mass is 10.0. The number of hydrogen-bond donors (Lipinski definition) is 3. The number of amides is 1. The van der Waals surface area contributed by atoms with Crippen molar-refractivity contribution < 1.29 is 19.1 Å². The summed E-state index contributed by atoms with van der Waals surface area (Å²) in [4.78, 5) is 27.9. The van der Waals surface area contributed by atoms with Crippen LogP contribution in [0, 0.1) is 5.92 Å². The van der Waals surface area contributed by atoms with Crippen LogP contribution in [0.15, 0.2) is 30.5 Å². The zero-order chi connectivity index (χ0) is 22.3. The maximum absolute atomic E-state index is 12.4. The van der Waals surface area contributed by atoms with E-state index in [1.807, 2.05) is 51.2 Å². The van der Waals surface area contributed by atoms with Crippen LogP contribution in [0.5, 0.6) is 0 Å². The van der Waals surface area contributed by atoms with E-state index >= 15 is 0 Å². The standard InChI is InChI=1S/C23H35N3O4/c1-15(2)11-17(26-22(28)30-23(3,4)5)14-25-20(21(27)29-6)12-16-13-24-19-10-8-7-9-18(16)19/h7-10,13,15,17,20,24-25H,11-12,14H2,1-6H3,(H,26,28)/t17-,20-/m0/s1. The van der Waals surface area contributed by atoms with Gasteiger partial charge in [0, 0.05) is 36.1 Å². The summed E-state index contributed by atoms with van der Waals surface area (Å²) in [5.41, 5.74) is 1.50. The maximum Gasteiger partial charge on any atom is 0.407 e. The maximum atomic E-state index is 12.4. The summed E-state index contributed by atoms with van der Waals surface area (Å²) in [7, 11) is 1.39. The smallest absolute Gasteiger partial charge is 0.407 e. The number of ether oxygens (including phenoxy) is 2. The molecule has 1 heterocycles. The van der Waals surface area contributed by atoms with Crippen LogP contribution in [-0.4, -0.2) is 48.4 Å². The summed E-state index contributed by atoms with van der Waals surface area (Å²) in [5, 5.41) is 7.29. The molecule has 1 aromatic heterocycles. The van der Waals surface area contributed by atoms with Crippen LogP contribution < -0.4 is 10.6 Å². The Morgan fingerprint density at radius 2 is 1.87 bits per heavy atom. The summed E-state index contributed by atoms with van der Waals surface area (Å²) >= 11 is 0. The minimum atomic E-state index is -0.566. The lowest BCUT2D eigenvalue weighted by Crippen LogP contribution is -2.49. The van der Waals surface area contributed by atoms with Crippen molar-refractivity contribution >= 4 is 23.0 Å². The van der Waals surface area contributed by atoms with Crippen molar-refractivity contribution in [3.63, 3.8) is 0 Å². The van der Waals surface area contributed by atoms with Crippen molar-refractivity contribution in [2.45, 2.75) is 65.1 Å². The zero-order valence-corrected chi connectivity index (χ0v) is 18.9. The van der Waals surface area contributed by atoms with Crippen LogP contribution in [0.4, 0.5) is 4.79 Å². The van der Waals surface area contributed by atoms with Crippen LogP contribution in [0.25, 0.3) is 10.9 Å². The van der Waals surface area contributed by atoms with E-state index in [9.17, 15) is 9.59 Å². The molecule has 0 fully saturated rings. The number of H-pyrrole nitrogens is 1. The Balaban J connectivity index is 2.07. The first-order valence-corrected chi connectivity index (χ1v) is 10.4. The number of methoxy groups -OCH3 is 1. The van der Waals surface area contributed by atoms with E-state index in [4.69, 9.17) is 9.47 Å². The topological polar surface area (TPSA) is 92.5 Å². The van der Waals surface area contributed by atoms with Gasteiger partial charge in [0.15, 0.2) is 0 Å². The van der Waals surface area contributed by atoms with Gasteiger partial charge in [0.1, 0.15) is 11.6 Å². The van der Waals surface area contributed by atoms with Crippen molar-refractivity contribution in [1.82, 2.24) is 15.6 Å². The van der Waals surface area contributed by atoms with E-state index < -0.39 is 17.7 Å². The Kier molecular flexibility index (Phi) is 8.29. The molecule has 1 amide bonds. The highest BCUT2D eigenvalue weighted by atomic mass is 16.6. The molecule has 0 unspecified atom stereocenters. The molecule has 2 rings (SSSR count). The van der Waals surface area contributed by atoms with Gasteiger partial charge in [-0.15, -0.1) is 0 Å². The van der Waals surface area contributed by atoms with Crippen molar-refractivity contribution in [3.05, 3.63) is 36.0 Å². The third-order valence-electron chi connectivity index (χ3n) is 4.67. The number of carbonyl (C=O) groups is 2. The van der Waals surface area contributed by atoms with Gasteiger partial charge in [0.2, 0.25) is 0 Å². The molecular weight excluding hydrogens is 382 g/mol. The van der Waals surface area contributed by atoms with E-state index in [1.165, 1.54) is 7.11 Å². The molecular formula is C23H35N3O4. The SMILES string of the molecule is COC(=O)[C@H](Cc1c[nH]c2ccccc12)NC[C@H](CC(C)C)NC(=O)OC(C)(C)C. The second kappa shape index (κ2) is 10.5. The molecule has 0 saturated heterocycles. The molecule has 1 aromatic carbocycles. The Bertz CT molecular complexity index is 838. The van der Waals surface area contributed by atoms with Gasteiger partial charge in [-0.25, -0.2) is 4.79 Å². The van der Waals surface area contributed by atoms with E-state index in [1.54, 1.807) is 0 Å². The highest BCUT2D eigenvalue weighted by Crippen LogP contribution is 2.19. The van der Waals surface area contributed by atoms with Crippen LogP contribution >= 0.6 is 0 Å². The molecule has 7 heteroatoms.